The van der Waals surface area contributed by atoms with Crippen LogP contribution in [0, 0.1) is 11.3 Å². The predicted octanol–water partition coefficient (Wildman–Crippen LogP) is 1.85. The van der Waals surface area contributed by atoms with Crippen LogP contribution >= 0.6 is 11.6 Å². The number of nitriles is 1. The van der Waals surface area contributed by atoms with Crippen molar-refractivity contribution in [3.8, 4) is 6.07 Å². The smallest absolute Gasteiger partial charge is 0.217 e. The Labute approximate surface area is 87.3 Å². The van der Waals surface area contributed by atoms with Gasteiger partial charge in [0.15, 0.2) is 0 Å². The molecule has 0 heterocycles. The molecule has 0 saturated carbocycles. The second-order valence-electron chi connectivity index (χ2n) is 2.84. The fourth-order valence-electron chi connectivity index (χ4n) is 0.986. The van der Waals surface area contributed by atoms with Gasteiger partial charge in [-0.25, -0.2) is 0 Å². The Morgan fingerprint density at radius 1 is 1.64 bits per heavy atom. The summed E-state index contributed by atoms with van der Waals surface area (Å²) in [5.74, 6) is -0.0921. The minimum Gasteiger partial charge on any atom is -0.352 e. The Morgan fingerprint density at radius 3 is 2.86 bits per heavy atom. The third kappa shape index (κ3) is 2.75. The number of carbonyl (C=O) groups is 1. The van der Waals surface area contributed by atoms with Crippen LogP contribution in [0.1, 0.15) is 18.1 Å². The minimum absolute atomic E-state index is 0.0921. The summed E-state index contributed by atoms with van der Waals surface area (Å²) in [5.41, 5.74) is 1.32. The maximum absolute atomic E-state index is 10.6. The summed E-state index contributed by atoms with van der Waals surface area (Å²) in [5, 5.41) is 11.7. The summed E-state index contributed by atoms with van der Waals surface area (Å²) < 4.78 is 0. The molecule has 0 aliphatic heterocycles. The number of nitrogens with one attached hydrogen (secondary N) is 1. The second kappa shape index (κ2) is 4.64. The molecule has 1 aromatic carbocycles. The molecule has 72 valence electrons. The standard InChI is InChI=1S/C10H9ClN2O/c1-7(14)13-6-8-2-3-9(5-12)10(11)4-8/h2-4H,6H2,1H3,(H,13,14). The molecule has 0 aliphatic carbocycles. The van der Waals surface area contributed by atoms with Gasteiger partial charge in [-0.15, -0.1) is 0 Å². The third-order valence-electron chi connectivity index (χ3n) is 1.70. The quantitative estimate of drug-likeness (QED) is 0.807. The lowest BCUT2D eigenvalue weighted by molar-refractivity contribution is -0.119. The highest BCUT2D eigenvalue weighted by molar-refractivity contribution is 6.31. The topological polar surface area (TPSA) is 52.9 Å². The van der Waals surface area contributed by atoms with Crippen molar-refractivity contribution in [2.75, 3.05) is 0 Å². The molecule has 1 aromatic rings. The molecule has 1 amide bonds. The van der Waals surface area contributed by atoms with Gasteiger partial charge in [0.05, 0.1) is 10.6 Å². The number of hydrogen-bond donors (Lipinski definition) is 1. The highest BCUT2D eigenvalue weighted by Crippen LogP contribution is 2.16. The lowest BCUT2D eigenvalue weighted by Crippen LogP contribution is -2.18. The first kappa shape index (κ1) is 10.6. The SMILES string of the molecule is CC(=O)NCc1ccc(C#N)c(Cl)c1. The Morgan fingerprint density at radius 2 is 2.36 bits per heavy atom. The molecular weight excluding hydrogens is 200 g/mol. The van der Waals surface area contributed by atoms with E-state index in [1.54, 1.807) is 18.2 Å². The van der Waals surface area contributed by atoms with Gasteiger partial charge in [-0.1, -0.05) is 17.7 Å². The molecule has 0 spiro atoms. The first-order chi connectivity index (χ1) is 6.63. The summed E-state index contributed by atoms with van der Waals surface area (Å²) in [6.07, 6.45) is 0. The number of benzene rings is 1. The summed E-state index contributed by atoms with van der Waals surface area (Å²) in [7, 11) is 0. The molecule has 0 saturated heterocycles. The van der Waals surface area contributed by atoms with Crippen LogP contribution in [0.5, 0.6) is 0 Å². The molecule has 1 N–H and O–H groups in total. The van der Waals surface area contributed by atoms with E-state index in [-0.39, 0.29) is 5.91 Å². The van der Waals surface area contributed by atoms with E-state index in [9.17, 15) is 4.79 Å². The molecule has 3 nitrogen and oxygen atoms in total. The first-order valence-corrected chi connectivity index (χ1v) is 4.44. The maximum atomic E-state index is 10.6. The Bertz CT molecular complexity index is 396. The van der Waals surface area contributed by atoms with Gasteiger partial charge in [0.1, 0.15) is 6.07 Å². The zero-order chi connectivity index (χ0) is 10.6. The Balaban J connectivity index is 2.77. The average Bonchev–Trinajstić information content (AvgIpc) is 2.15. The number of halogens is 1. The molecule has 0 unspecified atom stereocenters. The van der Waals surface area contributed by atoms with Gasteiger partial charge in [0, 0.05) is 13.5 Å². The van der Waals surface area contributed by atoms with Crippen molar-refractivity contribution in [2.45, 2.75) is 13.5 Å². The molecule has 0 bridgehead atoms. The van der Waals surface area contributed by atoms with Crippen molar-refractivity contribution in [3.63, 3.8) is 0 Å². The van der Waals surface area contributed by atoms with E-state index in [1.807, 2.05) is 6.07 Å². The molecule has 1 rings (SSSR count). The highest BCUT2D eigenvalue weighted by atomic mass is 35.5. The summed E-state index contributed by atoms with van der Waals surface area (Å²) >= 11 is 5.81. The van der Waals surface area contributed by atoms with Gasteiger partial charge in [0.25, 0.3) is 0 Å². The largest absolute Gasteiger partial charge is 0.352 e. The van der Waals surface area contributed by atoms with Gasteiger partial charge in [-0.3, -0.25) is 4.79 Å². The summed E-state index contributed by atoms with van der Waals surface area (Å²) in [4.78, 5) is 10.6. The van der Waals surface area contributed by atoms with E-state index in [1.165, 1.54) is 6.92 Å². The van der Waals surface area contributed by atoms with E-state index in [0.29, 0.717) is 17.1 Å². The minimum atomic E-state index is -0.0921. The van der Waals surface area contributed by atoms with Crippen molar-refractivity contribution in [1.82, 2.24) is 5.32 Å². The number of carbonyl (C=O) groups excluding carboxylic acids is 1. The molecular formula is C10H9ClN2O. The van der Waals surface area contributed by atoms with Crippen LogP contribution in [-0.4, -0.2) is 5.91 Å². The van der Waals surface area contributed by atoms with Gasteiger partial charge in [0.2, 0.25) is 5.91 Å². The van der Waals surface area contributed by atoms with Crippen LogP contribution in [0.4, 0.5) is 0 Å². The molecule has 0 atom stereocenters. The molecule has 0 aromatic heterocycles. The Hall–Kier alpha value is -1.53. The molecule has 0 aliphatic rings. The van der Waals surface area contributed by atoms with Crippen LogP contribution in [0.25, 0.3) is 0 Å². The predicted molar refractivity (Wildman–Crippen MR) is 53.7 cm³/mol. The van der Waals surface area contributed by atoms with Crippen LogP contribution in [0.3, 0.4) is 0 Å². The third-order valence-corrected chi connectivity index (χ3v) is 2.01. The molecule has 0 fully saturated rings. The Kier molecular flexibility index (Phi) is 3.49. The van der Waals surface area contributed by atoms with Crippen molar-refractivity contribution >= 4 is 17.5 Å². The van der Waals surface area contributed by atoms with Crippen molar-refractivity contribution in [1.29, 1.82) is 5.26 Å². The van der Waals surface area contributed by atoms with Crippen LogP contribution < -0.4 is 5.32 Å². The molecule has 14 heavy (non-hydrogen) atoms. The summed E-state index contributed by atoms with van der Waals surface area (Å²) in [6.45, 7) is 1.88. The molecule has 4 heteroatoms. The zero-order valence-electron chi connectivity index (χ0n) is 7.67. The van der Waals surface area contributed by atoms with Crippen molar-refractivity contribution in [3.05, 3.63) is 34.3 Å². The lowest BCUT2D eigenvalue weighted by atomic mass is 10.1. The van der Waals surface area contributed by atoms with E-state index in [2.05, 4.69) is 5.32 Å². The highest BCUT2D eigenvalue weighted by Gasteiger charge is 2.01. The summed E-state index contributed by atoms with van der Waals surface area (Å²) in [6, 6.07) is 7.05. The maximum Gasteiger partial charge on any atom is 0.217 e. The van der Waals surface area contributed by atoms with E-state index >= 15 is 0 Å². The number of nitrogens with zero attached hydrogens (tertiary/aromatic N) is 1. The van der Waals surface area contributed by atoms with E-state index in [0.717, 1.165) is 5.56 Å². The van der Waals surface area contributed by atoms with Crippen LogP contribution in [-0.2, 0) is 11.3 Å². The first-order valence-electron chi connectivity index (χ1n) is 4.06. The van der Waals surface area contributed by atoms with Gasteiger partial charge in [-0.2, -0.15) is 5.26 Å². The molecule has 0 radical (unpaired) electrons. The monoisotopic (exact) mass is 208 g/mol. The number of hydrogen-bond acceptors (Lipinski definition) is 2. The van der Waals surface area contributed by atoms with E-state index < -0.39 is 0 Å². The van der Waals surface area contributed by atoms with Crippen LogP contribution in [0.2, 0.25) is 5.02 Å². The van der Waals surface area contributed by atoms with Gasteiger partial charge < -0.3 is 5.32 Å². The van der Waals surface area contributed by atoms with Gasteiger partial charge >= 0.3 is 0 Å². The van der Waals surface area contributed by atoms with Crippen LogP contribution in [0.15, 0.2) is 18.2 Å². The second-order valence-corrected chi connectivity index (χ2v) is 3.24. The van der Waals surface area contributed by atoms with Crippen molar-refractivity contribution < 1.29 is 4.79 Å². The van der Waals surface area contributed by atoms with Gasteiger partial charge in [-0.05, 0) is 17.7 Å². The normalized spacial score (nSPS) is 9.21. The fraction of sp³-hybridized carbons (Fsp3) is 0.200. The number of amides is 1. The zero-order valence-corrected chi connectivity index (χ0v) is 8.43. The fourth-order valence-corrected chi connectivity index (χ4v) is 1.23. The lowest BCUT2D eigenvalue weighted by Gasteiger charge is -2.03. The number of rotatable bonds is 2. The van der Waals surface area contributed by atoms with E-state index in [4.69, 9.17) is 16.9 Å². The average molecular weight is 209 g/mol. The van der Waals surface area contributed by atoms with Crippen molar-refractivity contribution in [2.24, 2.45) is 0 Å².